The van der Waals surface area contributed by atoms with Crippen LogP contribution in [0.15, 0.2) is 42.5 Å². The third-order valence-corrected chi connectivity index (χ3v) is 10.9. The summed E-state index contributed by atoms with van der Waals surface area (Å²) in [5.74, 6) is -0.746. The quantitative estimate of drug-likeness (QED) is 0.350. The summed E-state index contributed by atoms with van der Waals surface area (Å²) in [7, 11) is -2.07. The minimum absolute atomic E-state index is 0.0308. The van der Waals surface area contributed by atoms with E-state index >= 15 is 0 Å². The van der Waals surface area contributed by atoms with Gasteiger partial charge in [-0.25, -0.2) is 0 Å². The molecule has 2 rings (SSSR count). The third-order valence-electron chi connectivity index (χ3n) is 6.46. The minimum atomic E-state index is -2.07. The molecule has 4 N–H and O–H groups in total. The Balaban J connectivity index is 2.13. The fourth-order valence-electron chi connectivity index (χ4n) is 3.39. The Morgan fingerprint density at radius 1 is 1.09 bits per heavy atom. The first-order chi connectivity index (χ1) is 15.3. The van der Waals surface area contributed by atoms with Crippen molar-refractivity contribution in [1.29, 1.82) is 0 Å². The van der Waals surface area contributed by atoms with E-state index in [-0.39, 0.29) is 36.0 Å². The average Bonchev–Trinajstić information content (AvgIpc) is 2.71. The number of aliphatic hydroxyl groups excluding tert-OH is 1. The van der Waals surface area contributed by atoms with Crippen LogP contribution in [0.1, 0.15) is 56.1 Å². The van der Waals surface area contributed by atoms with Crippen LogP contribution in [0.3, 0.4) is 0 Å². The van der Waals surface area contributed by atoms with Gasteiger partial charge in [-0.15, -0.1) is 0 Å². The van der Waals surface area contributed by atoms with Crippen LogP contribution in [0.2, 0.25) is 18.1 Å². The topological polar surface area (TPSA) is 99.0 Å². The van der Waals surface area contributed by atoms with Crippen molar-refractivity contribution in [2.75, 3.05) is 6.54 Å². The molecule has 0 aliphatic heterocycles. The molecule has 0 bridgehead atoms. The van der Waals surface area contributed by atoms with Crippen molar-refractivity contribution in [3.05, 3.63) is 64.7 Å². The zero-order valence-electron chi connectivity index (χ0n) is 20.7. The van der Waals surface area contributed by atoms with E-state index in [0.29, 0.717) is 12.1 Å². The second-order valence-corrected chi connectivity index (χ2v) is 15.1. The number of benzene rings is 2. The lowest BCUT2D eigenvalue weighted by Gasteiger charge is -2.40. The van der Waals surface area contributed by atoms with Crippen LogP contribution in [0.4, 0.5) is 0 Å². The van der Waals surface area contributed by atoms with Crippen molar-refractivity contribution in [1.82, 2.24) is 5.32 Å². The highest BCUT2D eigenvalue weighted by Crippen LogP contribution is 2.40. The molecule has 0 aliphatic rings. The summed E-state index contributed by atoms with van der Waals surface area (Å²) in [6.45, 7) is 13.5. The van der Waals surface area contributed by atoms with Crippen molar-refractivity contribution in [3.63, 3.8) is 0 Å². The SMILES string of the molecule is C[C@H](Cc1ccc(CC(=O)O)cc1)NC[C@@H](O[Si](C)(C)C(C)(C)C)c1ccc(O)c(CO)c1. The van der Waals surface area contributed by atoms with Gasteiger partial charge in [0.2, 0.25) is 0 Å². The number of rotatable bonds is 11. The van der Waals surface area contributed by atoms with Gasteiger partial charge in [-0.05, 0) is 60.3 Å². The highest BCUT2D eigenvalue weighted by Gasteiger charge is 2.39. The van der Waals surface area contributed by atoms with Gasteiger partial charge in [0.1, 0.15) is 5.75 Å². The summed E-state index contributed by atoms with van der Waals surface area (Å²) < 4.78 is 6.74. The average molecular weight is 474 g/mol. The van der Waals surface area contributed by atoms with Crippen LogP contribution < -0.4 is 5.32 Å². The lowest BCUT2D eigenvalue weighted by atomic mass is 10.0. The molecule has 0 heterocycles. The molecule has 2 atom stereocenters. The van der Waals surface area contributed by atoms with E-state index in [2.05, 4.69) is 46.1 Å². The summed E-state index contributed by atoms with van der Waals surface area (Å²) in [5.41, 5.74) is 3.35. The predicted octanol–water partition coefficient (Wildman–Crippen LogP) is 4.80. The van der Waals surface area contributed by atoms with E-state index in [1.54, 1.807) is 6.07 Å². The smallest absolute Gasteiger partial charge is 0.307 e. The van der Waals surface area contributed by atoms with Crippen LogP contribution >= 0.6 is 0 Å². The number of hydrogen-bond donors (Lipinski definition) is 4. The minimum Gasteiger partial charge on any atom is -0.508 e. The Labute approximate surface area is 198 Å². The van der Waals surface area contributed by atoms with Gasteiger partial charge >= 0.3 is 5.97 Å². The number of nitrogens with one attached hydrogen (secondary N) is 1. The molecule has 33 heavy (non-hydrogen) atoms. The lowest BCUT2D eigenvalue weighted by Crippen LogP contribution is -2.44. The van der Waals surface area contributed by atoms with Crippen LogP contribution in [-0.4, -0.2) is 42.2 Å². The van der Waals surface area contributed by atoms with Crippen molar-refractivity contribution in [2.24, 2.45) is 0 Å². The molecule has 0 saturated carbocycles. The first-order valence-electron chi connectivity index (χ1n) is 11.5. The number of hydrogen-bond acceptors (Lipinski definition) is 5. The van der Waals surface area contributed by atoms with Crippen LogP contribution in [0.5, 0.6) is 5.75 Å². The van der Waals surface area contributed by atoms with E-state index in [1.165, 1.54) is 0 Å². The second kappa shape index (κ2) is 11.3. The summed E-state index contributed by atoms with van der Waals surface area (Å²) in [6.07, 6.45) is 0.623. The summed E-state index contributed by atoms with van der Waals surface area (Å²) >= 11 is 0. The molecule has 0 fully saturated rings. The van der Waals surface area contributed by atoms with Gasteiger partial charge < -0.3 is 25.1 Å². The number of carboxylic acids is 1. The Kier molecular flexibility index (Phi) is 9.26. The third kappa shape index (κ3) is 7.96. The maximum Gasteiger partial charge on any atom is 0.307 e. The molecule has 0 spiro atoms. The highest BCUT2D eigenvalue weighted by atomic mass is 28.4. The number of aliphatic carboxylic acids is 1. The number of carboxylic acid groups (broad SMARTS) is 1. The second-order valence-electron chi connectivity index (χ2n) is 10.3. The van der Waals surface area contributed by atoms with Gasteiger partial charge in [0.05, 0.1) is 19.1 Å². The molecule has 7 heteroatoms. The van der Waals surface area contributed by atoms with Gasteiger partial charge in [-0.2, -0.15) is 0 Å². The molecule has 6 nitrogen and oxygen atoms in total. The monoisotopic (exact) mass is 473 g/mol. The van der Waals surface area contributed by atoms with Crippen molar-refractivity contribution in [2.45, 2.75) is 77.4 Å². The molecule has 2 aromatic rings. The normalized spacial score (nSPS) is 14.2. The van der Waals surface area contributed by atoms with E-state index in [4.69, 9.17) is 9.53 Å². The number of phenols is 1. The molecule has 182 valence electrons. The van der Waals surface area contributed by atoms with Gasteiger partial charge in [0.25, 0.3) is 0 Å². The fourth-order valence-corrected chi connectivity index (χ4v) is 4.68. The summed E-state index contributed by atoms with van der Waals surface area (Å²) in [4.78, 5) is 10.9. The van der Waals surface area contributed by atoms with E-state index in [9.17, 15) is 15.0 Å². The fraction of sp³-hybridized carbons (Fsp3) is 0.500. The molecule has 0 aliphatic carbocycles. The van der Waals surface area contributed by atoms with Crippen molar-refractivity contribution < 1.29 is 24.5 Å². The van der Waals surface area contributed by atoms with E-state index in [1.807, 2.05) is 36.4 Å². The molecule has 0 amide bonds. The number of carbonyl (C=O) groups is 1. The Bertz CT molecular complexity index is 921. The zero-order valence-corrected chi connectivity index (χ0v) is 21.7. The Hall–Kier alpha value is -2.19. The van der Waals surface area contributed by atoms with Gasteiger partial charge in [-0.3, -0.25) is 4.79 Å². The van der Waals surface area contributed by atoms with E-state index < -0.39 is 14.3 Å². The lowest BCUT2D eigenvalue weighted by molar-refractivity contribution is -0.136. The largest absolute Gasteiger partial charge is 0.508 e. The highest BCUT2D eigenvalue weighted by molar-refractivity contribution is 6.74. The van der Waals surface area contributed by atoms with Gasteiger partial charge in [0, 0.05) is 18.2 Å². The molecule has 0 radical (unpaired) electrons. The Morgan fingerprint density at radius 2 is 1.70 bits per heavy atom. The summed E-state index contributed by atoms with van der Waals surface area (Å²) in [6, 6.07) is 13.2. The molecule has 0 saturated heterocycles. The van der Waals surface area contributed by atoms with Crippen molar-refractivity contribution in [3.8, 4) is 5.75 Å². The first-order valence-corrected chi connectivity index (χ1v) is 14.4. The van der Waals surface area contributed by atoms with Gasteiger partial charge in [-0.1, -0.05) is 51.1 Å². The maximum atomic E-state index is 10.9. The Morgan fingerprint density at radius 3 is 2.24 bits per heavy atom. The molecular weight excluding hydrogens is 434 g/mol. The number of aliphatic hydroxyl groups is 1. The van der Waals surface area contributed by atoms with E-state index in [0.717, 1.165) is 23.1 Å². The first kappa shape index (κ1) is 27.1. The van der Waals surface area contributed by atoms with Crippen LogP contribution in [-0.2, 0) is 28.7 Å². The molecule has 0 unspecified atom stereocenters. The number of aromatic hydroxyl groups is 1. The predicted molar refractivity (Wildman–Crippen MR) is 134 cm³/mol. The van der Waals surface area contributed by atoms with Gasteiger partial charge in [0.15, 0.2) is 8.32 Å². The standard InChI is InChI=1S/C26H39NO5Si/c1-18(13-19-7-9-20(10-8-19)14-25(30)31)27-16-24(32-33(5,6)26(2,3)4)21-11-12-23(29)22(15-21)17-28/h7-12,15,18,24,27-29H,13-14,16-17H2,1-6H3,(H,30,31)/t18-,24-/m1/s1. The summed E-state index contributed by atoms with van der Waals surface area (Å²) in [5, 5.41) is 32.1. The van der Waals surface area contributed by atoms with Crippen LogP contribution in [0, 0.1) is 0 Å². The maximum absolute atomic E-state index is 10.9. The van der Waals surface area contributed by atoms with Crippen molar-refractivity contribution >= 4 is 14.3 Å². The zero-order chi connectivity index (χ0) is 24.8. The molecule has 0 aromatic heterocycles. The molecular formula is C26H39NO5Si. The molecule has 2 aromatic carbocycles. The van der Waals surface area contributed by atoms with Crippen LogP contribution in [0.25, 0.3) is 0 Å².